The molecule has 0 atom stereocenters. The zero-order valence-corrected chi connectivity index (χ0v) is 17.6. The Kier molecular flexibility index (Phi) is 4.50. The number of fused-ring (bicyclic) bond motifs is 1. The van der Waals surface area contributed by atoms with E-state index >= 15 is 0 Å². The van der Waals surface area contributed by atoms with Crippen LogP contribution in [0.15, 0.2) is 24.3 Å². The van der Waals surface area contributed by atoms with Crippen molar-refractivity contribution in [1.29, 1.82) is 0 Å². The van der Waals surface area contributed by atoms with Gasteiger partial charge in [0.15, 0.2) is 4.77 Å². The predicted molar refractivity (Wildman–Crippen MR) is 115 cm³/mol. The smallest absolute Gasteiger partial charge is 0.255 e. The number of benzene rings is 1. The number of likely N-dealkylation sites (tertiary alicyclic amines) is 1. The molecule has 3 heterocycles. The maximum atomic E-state index is 13.2. The molecule has 2 fully saturated rings. The highest BCUT2D eigenvalue weighted by Gasteiger charge is 2.33. The lowest BCUT2D eigenvalue weighted by molar-refractivity contribution is 0.0709. The zero-order chi connectivity index (χ0) is 20.1. The van der Waals surface area contributed by atoms with Crippen LogP contribution in [-0.4, -0.2) is 43.6 Å². The number of aromatic amines is 1. The Morgan fingerprint density at radius 2 is 1.90 bits per heavy atom. The number of hydrogen-bond donors (Lipinski definition) is 1. The summed E-state index contributed by atoms with van der Waals surface area (Å²) in [4.78, 5) is 19.8. The molecule has 150 valence electrons. The molecule has 2 aromatic heterocycles. The van der Waals surface area contributed by atoms with Crippen molar-refractivity contribution in [1.82, 2.24) is 24.6 Å². The molecule has 5 rings (SSSR count). The van der Waals surface area contributed by atoms with Crippen molar-refractivity contribution in [3.05, 3.63) is 51.7 Å². The number of pyridine rings is 1. The highest BCUT2D eigenvalue weighted by Crippen LogP contribution is 2.39. The van der Waals surface area contributed by atoms with E-state index in [1.54, 1.807) is 0 Å². The Labute approximate surface area is 174 Å². The zero-order valence-electron chi connectivity index (χ0n) is 16.8. The van der Waals surface area contributed by atoms with E-state index in [4.69, 9.17) is 12.2 Å². The number of H-pyrrole nitrogens is 1. The predicted octanol–water partition coefficient (Wildman–Crippen LogP) is 4.46. The Bertz CT molecular complexity index is 1150. The van der Waals surface area contributed by atoms with Gasteiger partial charge < -0.3 is 9.47 Å². The molecule has 2 aliphatic rings. The van der Waals surface area contributed by atoms with Gasteiger partial charge in [-0.3, -0.25) is 14.9 Å². The molecule has 0 bridgehead atoms. The topological polar surface area (TPSA) is 66.8 Å². The number of nitrogens with zero attached hydrogens (tertiary/aromatic N) is 4. The fraction of sp³-hybridized carbons (Fsp3) is 0.455. The van der Waals surface area contributed by atoms with Crippen LogP contribution in [0.1, 0.15) is 65.1 Å². The number of carbonyl (C=O) groups excluding carboxylic acids is 1. The molecule has 0 spiro atoms. The van der Waals surface area contributed by atoms with Crippen LogP contribution in [-0.2, 0) is 0 Å². The van der Waals surface area contributed by atoms with Crippen molar-refractivity contribution in [3.8, 4) is 0 Å². The summed E-state index contributed by atoms with van der Waals surface area (Å²) < 4.78 is 2.94. The molecule has 1 amide bonds. The molecule has 7 heteroatoms. The van der Waals surface area contributed by atoms with Gasteiger partial charge in [-0.05, 0) is 69.4 Å². The van der Waals surface area contributed by atoms with Crippen LogP contribution in [0.4, 0.5) is 0 Å². The van der Waals surface area contributed by atoms with E-state index in [2.05, 4.69) is 38.8 Å². The minimum Gasteiger partial charge on any atom is -0.339 e. The molecule has 1 saturated heterocycles. The molecule has 1 aliphatic heterocycles. The van der Waals surface area contributed by atoms with E-state index in [-0.39, 0.29) is 5.91 Å². The molecule has 0 unspecified atom stereocenters. The second-order valence-electron chi connectivity index (χ2n) is 8.37. The fourth-order valence-corrected chi connectivity index (χ4v) is 4.68. The number of piperidine rings is 1. The lowest BCUT2D eigenvalue weighted by atomic mass is 9.95. The van der Waals surface area contributed by atoms with E-state index in [1.807, 2.05) is 24.0 Å². The van der Waals surface area contributed by atoms with Gasteiger partial charge in [0, 0.05) is 30.4 Å². The van der Waals surface area contributed by atoms with E-state index < -0.39 is 0 Å². The molecule has 1 N–H and O–H groups in total. The third-order valence-electron chi connectivity index (χ3n) is 6.19. The first kappa shape index (κ1) is 18.5. The maximum Gasteiger partial charge on any atom is 0.255 e. The first-order valence-corrected chi connectivity index (χ1v) is 10.8. The lowest BCUT2D eigenvalue weighted by Crippen LogP contribution is -2.38. The van der Waals surface area contributed by atoms with Gasteiger partial charge in [0.05, 0.1) is 16.8 Å². The largest absolute Gasteiger partial charge is 0.339 e. The molecule has 0 radical (unpaired) electrons. The van der Waals surface area contributed by atoms with Gasteiger partial charge in [0.25, 0.3) is 5.91 Å². The first-order valence-electron chi connectivity index (χ1n) is 10.4. The second-order valence-corrected chi connectivity index (χ2v) is 8.76. The number of amides is 1. The maximum absolute atomic E-state index is 13.2. The number of carbonyl (C=O) groups is 1. The number of rotatable bonds is 3. The quantitative estimate of drug-likeness (QED) is 0.651. The monoisotopic (exact) mass is 407 g/mol. The summed E-state index contributed by atoms with van der Waals surface area (Å²) >= 11 is 5.42. The summed E-state index contributed by atoms with van der Waals surface area (Å²) in [5, 5.41) is 8.50. The van der Waals surface area contributed by atoms with Gasteiger partial charge >= 0.3 is 0 Å². The van der Waals surface area contributed by atoms with Crippen LogP contribution >= 0.6 is 12.2 Å². The Morgan fingerprint density at radius 1 is 1.14 bits per heavy atom. The number of aryl methyl sites for hydroxylation is 2. The van der Waals surface area contributed by atoms with Crippen molar-refractivity contribution >= 4 is 29.0 Å². The van der Waals surface area contributed by atoms with Gasteiger partial charge in [0.1, 0.15) is 5.82 Å². The average Bonchev–Trinajstić information content (AvgIpc) is 3.48. The van der Waals surface area contributed by atoms with Crippen molar-refractivity contribution in [3.63, 3.8) is 0 Å². The van der Waals surface area contributed by atoms with Crippen LogP contribution < -0.4 is 0 Å². The molecular weight excluding hydrogens is 382 g/mol. The van der Waals surface area contributed by atoms with Gasteiger partial charge in [-0.1, -0.05) is 12.1 Å². The van der Waals surface area contributed by atoms with E-state index in [0.29, 0.717) is 17.5 Å². The lowest BCUT2D eigenvalue weighted by Gasteiger charge is -2.32. The van der Waals surface area contributed by atoms with Crippen molar-refractivity contribution < 1.29 is 4.79 Å². The van der Waals surface area contributed by atoms with Crippen LogP contribution in [0.3, 0.4) is 0 Å². The second kappa shape index (κ2) is 7.06. The Balaban J connectivity index is 1.34. The average molecular weight is 408 g/mol. The standard InChI is InChI=1S/C22H25N5OS/c1-13-3-4-16-12-18(14(2)23-19(16)11-13)21(28)26-9-7-15(8-10-26)20-24-25-22(29)27(20)17-5-6-17/h3-4,11-12,15,17H,5-10H2,1-2H3,(H,25,29). The van der Waals surface area contributed by atoms with Gasteiger partial charge in [-0.2, -0.15) is 5.10 Å². The van der Waals surface area contributed by atoms with Gasteiger partial charge in [-0.15, -0.1) is 0 Å². The SMILES string of the molecule is Cc1ccc2cc(C(=O)N3CCC(c4n[nH]c(=S)n4C4CC4)CC3)c(C)nc2c1. The molecule has 3 aromatic rings. The first-order chi connectivity index (χ1) is 14.0. The normalized spacial score (nSPS) is 17.8. The number of nitrogens with one attached hydrogen (secondary N) is 1. The van der Waals surface area contributed by atoms with Crippen LogP contribution in [0.2, 0.25) is 0 Å². The van der Waals surface area contributed by atoms with Crippen LogP contribution in [0.5, 0.6) is 0 Å². The third-order valence-corrected chi connectivity index (χ3v) is 6.47. The van der Waals surface area contributed by atoms with Crippen molar-refractivity contribution in [2.75, 3.05) is 13.1 Å². The minimum absolute atomic E-state index is 0.0805. The van der Waals surface area contributed by atoms with Crippen LogP contribution in [0.25, 0.3) is 10.9 Å². The Morgan fingerprint density at radius 3 is 2.62 bits per heavy atom. The molecule has 1 aliphatic carbocycles. The molecular formula is C22H25N5OS. The highest BCUT2D eigenvalue weighted by atomic mass is 32.1. The summed E-state index contributed by atoms with van der Waals surface area (Å²) in [5.41, 5.74) is 3.63. The molecule has 6 nitrogen and oxygen atoms in total. The third kappa shape index (κ3) is 3.37. The van der Waals surface area contributed by atoms with Crippen LogP contribution in [0, 0.1) is 18.6 Å². The molecule has 29 heavy (non-hydrogen) atoms. The Hall–Kier alpha value is -2.54. The molecule has 1 aromatic carbocycles. The summed E-state index contributed by atoms with van der Waals surface area (Å²) in [6.45, 7) is 5.45. The van der Waals surface area contributed by atoms with Crippen molar-refractivity contribution in [2.45, 2.75) is 51.5 Å². The van der Waals surface area contributed by atoms with E-state index in [0.717, 1.165) is 53.1 Å². The minimum atomic E-state index is 0.0805. The fourth-order valence-electron chi connectivity index (χ4n) is 4.39. The summed E-state index contributed by atoms with van der Waals surface area (Å²) in [7, 11) is 0. The number of hydrogen-bond acceptors (Lipinski definition) is 4. The van der Waals surface area contributed by atoms with E-state index in [9.17, 15) is 4.79 Å². The summed E-state index contributed by atoms with van der Waals surface area (Å²) in [6, 6.07) is 8.68. The summed E-state index contributed by atoms with van der Waals surface area (Å²) in [6.07, 6.45) is 4.20. The van der Waals surface area contributed by atoms with Gasteiger partial charge in [-0.25, -0.2) is 0 Å². The molecule has 1 saturated carbocycles. The number of aromatic nitrogens is 4. The van der Waals surface area contributed by atoms with Gasteiger partial charge in [0.2, 0.25) is 0 Å². The van der Waals surface area contributed by atoms with Crippen molar-refractivity contribution in [2.24, 2.45) is 0 Å². The summed E-state index contributed by atoms with van der Waals surface area (Å²) in [5.74, 6) is 1.51. The highest BCUT2D eigenvalue weighted by molar-refractivity contribution is 7.71. The van der Waals surface area contributed by atoms with E-state index in [1.165, 1.54) is 18.4 Å².